The Morgan fingerprint density at radius 3 is 2.40 bits per heavy atom. The lowest BCUT2D eigenvalue weighted by Crippen LogP contribution is -2.11. The number of fused-ring (bicyclic) bond motifs is 1. The number of unbranched alkanes of at least 4 members (excludes halogenated alkanes) is 3. The van der Waals surface area contributed by atoms with Crippen LogP contribution in [0.4, 0.5) is 0 Å². The van der Waals surface area contributed by atoms with E-state index in [1.54, 1.807) is 0 Å². The molecule has 0 aromatic heterocycles. The molecule has 0 aliphatic rings. The van der Waals surface area contributed by atoms with E-state index in [2.05, 4.69) is 11.8 Å². The topological polar surface area (TPSA) is 74.6 Å². The summed E-state index contributed by atoms with van der Waals surface area (Å²) in [4.78, 5) is 21.9. The van der Waals surface area contributed by atoms with E-state index in [1.807, 2.05) is 42.5 Å². The lowest BCUT2D eigenvalue weighted by Gasteiger charge is -2.05. The van der Waals surface area contributed by atoms with Crippen molar-refractivity contribution in [3.63, 3.8) is 0 Å². The molecule has 0 aliphatic carbocycles. The SMILES string of the molecule is O=C(O)CCCCCCC(C#Cc1cccc2ccccc12)C(=O)O. The summed E-state index contributed by atoms with van der Waals surface area (Å²) in [6.45, 7) is 0. The van der Waals surface area contributed by atoms with Crippen molar-refractivity contribution in [2.75, 3.05) is 0 Å². The second-order valence-corrected chi connectivity index (χ2v) is 6.03. The first kappa shape index (κ1) is 18.5. The van der Waals surface area contributed by atoms with Gasteiger partial charge in [-0.25, -0.2) is 0 Å². The predicted octanol–water partition coefficient (Wildman–Crippen LogP) is 4.32. The summed E-state index contributed by atoms with van der Waals surface area (Å²) in [6, 6.07) is 13.7. The Labute approximate surface area is 147 Å². The highest BCUT2D eigenvalue weighted by atomic mass is 16.4. The molecule has 0 radical (unpaired) electrons. The molecule has 25 heavy (non-hydrogen) atoms. The second-order valence-electron chi connectivity index (χ2n) is 6.03. The van der Waals surface area contributed by atoms with Gasteiger partial charge >= 0.3 is 11.9 Å². The van der Waals surface area contributed by atoms with Crippen molar-refractivity contribution in [3.05, 3.63) is 48.0 Å². The maximum atomic E-state index is 11.4. The molecule has 0 amide bonds. The van der Waals surface area contributed by atoms with Crippen LogP contribution in [0.2, 0.25) is 0 Å². The molecule has 1 unspecified atom stereocenters. The fourth-order valence-corrected chi connectivity index (χ4v) is 2.73. The lowest BCUT2D eigenvalue weighted by atomic mass is 9.99. The second kappa shape index (κ2) is 9.48. The van der Waals surface area contributed by atoms with Crippen molar-refractivity contribution in [1.82, 2.24) is 0 Å². The monoisotopic (exact) mass is 338 g/mol. The molecule has 0 spiro atoms. The Morgan fingerprint density at radius 2 is 1.64 bits per heavy atom. The largest absolute Gasteiger partial charge is 0.481 e. The summed E-state index contributed by atoms with van der Waals surface area (Å²) in [5.41, 5.74) is 0.839. The van der Waals surface area contributed by atoms with Crippen LogP contribution in [0.25, 0.3) is 10.8 Å². The summed E-state index contributed by atoms with van der Waals surface area (Å²) in [5, 5.41) is 20.1. The summed E-state index contributed by atoms with van der Waals surface area (Å²) in [6.07, 6.45) is 3.65. The average Bonchev–Trinajstić information content (AvgIpc) is 2.59. The van der Waals surface area contributed by atoms with Crippen molar-refractivity contribution in [2.45, 2.75) is 38.5 Å². The molecule has 0 bridgehead atoms. The van der Waals surface area contributed by atoms with Gasteiger partial charge in [0.25, 0.3) is 0 Å². The molecule has 0 heterocycles. The number of carboxylic acid groups (broad SMARTS) is 2. The molecular formula is C21H22O4. The highest BCUT2D eigenvalue weighted by Crippen LogP contribution is 2.18. The standard InChI is InChI=1S/C21H22O4/c22-20(23)13-4-2-1-3-9-18(21(24)25)15-14-17-11-7-10-16-8-5-6-12-19(16)17/h5-8,10-12,18H,1-4,9,13H2,(H,22,23)(H,24,25). The van der Waals surface area contributed by atoms with Crippen LogP contribution in [0.3, 0.4) is 0 Å². The van der Waals surface area contributed by atoms with Crippen LogP contribution in [0, 0.1) is 17.8 Å². The van der Waals surface area contributed by atoms with Crippen LogP contribution >= 0.6 is 0 Å². The fourth-order valence-electron chi connectivity index (χ4n) is 2.73. The molecule has 0 aliphatic heterocycles. The van der Waals surface area contributed by atoms with Crippen LogP contribution in [0.5, 0.6) is 0 Å². The molecule has 0 fully saturated rings. The molecule has 2 N–H and O–H groups in total. The molecule has 0 saturated carbocycles. The van der Waals surface area contributed by atoms with Gasteiger partial charge in [-0.05, 0) is 29.7 Å². The third kappa shape index (κ3) is 5.96. The smallest absolute Gasteiger partial charge is 0.318 e. The zero-order valence-electron chi connectivity index (χ0n) is 14.1. The summed E-state index contributed by atoms with van der Waals surface area (Å²) in [5.74, 6) is 3.53. The number of hydrogen-bond acceptors (Lipinski definition) is 2. The molecule has 1 atom stereocenters. The summed E-state index contributed by atoms with van der Waals surface area (Å²) in [7, 11) is 0. The Hall–Kier alpha value is -2.80. The molecule has 4 nitrogen and oxygen atoms in total. The Bertz CT molecular complexity index is 793. The van der Waals surface area contributed by atoms with Gasteiger partial charge in [0, 0.05) is 12.0 Å². The molecule has 130 valence electrons. The van der Waals surface area contributed by atoms with Gasteiger partial charge in [-0.1, -0.05) is 67.5 Å². The van der Waals surface area contributed by atoms with Gasteiger partial charge in [0.15, 0.2) is 0 Å². The number of aliphatic carboxylic acids is 2. The minimum absolute atomic E-state index is 0.170. The summed E-state index contributed by atoms with van der Waals surface area (Å²) >= 11 is 0. The molecule has 2 aromatic carbocycles. The quantitative estimate of drug-likeness (QED) is 0.555. The van der Waals surface area contributed by atoms with Crippen molar-refractivity contribution in [1.29, 1.82) is 0 Å². The third-order valence-electron chi connectivity index (χ3n) is 4.10. The van der Waals surface area contributed by atoms with Gasteiger partial charge in [0.05, 0.1) is 0 Å². The average molecular weight is 338 g/mol. The van der Waals surface area contributed by atoms with Gasteiger partial charge in [-0.2, -0.15) is 0 Å². The van der Waals surface area contributed by atoms with Gasteiger partial charge < -0.3 is 10.2 Å². The van der Waals surface area contributed by atoms with Crippen molar-refractivity contribution in [3.8, 4) is 11.8 Å². The molecule has 0 saturated heterocycles. The first-order valence-corrected chi connectivity index (χ1v) is 8.52. The van der Waals surface area contributed by atoms with E-state index in [0.29, 0.717) is 12.8 Å². The van der Waals surface area contributed by atoms with Crippen LogP contribution in [0.1, 0.15) is 44.1 Å². The highest BCUT2D eigenvalue weighted by molar-refractivity contribution is 5.88. The molecular weight excluding hydrogens is 316 g/mol. The van der Waals surface area contributed by atoms with E-state index < -0.39 is 17.9 Å². The van der Waals surface area contributed by atoms with E-state index >= 15 is 0 Å². The van der Waals surface area contributed by atoms with E-state index in [4.69, 9.17) is 5.11 Å². The minimum Gasteiger partial charge on any atom is -0.481 e. The number of carbonyl (C=O) groups is 2. The maximum Gasteiger partial charge on any atom is 0.318 e. The van der Waals surface area contributed by atoms with Crippen molar-refractivity contribution >= 4 is 22.7 Å². The Morgan fingerprint density at radius 1 is 0.920 bits per heavy atom. The number of carboxylic acids is 2. The summed E-state index contributed by atoms with van der Waals surface area (Å²) < 4.78 is 0. The third-order valence-corrected chi connectivity index (χ3v) is 4.10. The van der Waals surface area contributed by atoms with Gasteiger partial charge in [0.1, 0.15) is 5.92 Å². The van der Waals surface area contributed by atoms with Crippen LogP contribution in [-0.4, -0.2) is 22.2 Å². The minimum atomic E-state index is -0.904. The molecule has 4 heteroatoms. The van der Waals surface area contributed by atoms with Crippen molar-refractivity contribution in [2.24, 2.45) is 5.92 Å². The predicted molar refractivity (Wildman–Crippen MR) is 97.3 cm³/mol. The van der Waals surface area contributed by atoms with E-state index in [-0.39, 0.29) is 6.42 Å². The molecule has 2 rings (SSSR count). The van der Waals surface area contributed by atoms with E-state index in [9.17, 15) is 14.7 Å². The van der Waals surface area contributed by atoms with Gasteiger partial charge in [-0.15, -0.1) is 0 Å². The molecule has 2 aromatic rings. The first-order valence-electron chi connectivity index (χ1n) is 8.52. The Balaban J connectivity index is 1.96. The van der Waals surface area contributed by atoms with Gasteiger partial charge in [-0.3, -0.25) is 9.59 Å². The number of hydrogen-bond donors (Lipinski definition) is 2. The zero-order chi connectivity index (χ0) is 18.1. The number of rotatable bonds is 8. The van der Waals surface area contributed by atoms with E-state index in [1.165, 1.54) is 0 Å². The highest BCUT2D eigenvalue weighted by Gasteiger charge is 2.13. The maximum absolute atomic E-state index is 11.4. The van der Waals surface area contributed by atoms with Crippen molar-refractivity contribution < 1.29 is 19.8 Å². The first-order chi connectivity index (χ1) is 12.1. The Kier molecular flexibility index (Phi) is 7.03. The lowest BCUT2D eigenvalue weighted by molar-refractivity contribution is -0.140. The number of benzene rings is 2. The fraction of sp³-hybridized carbons (Fsp3) is 0.333. The van der Waals surface area contributed by atoms with Gasteiger partial charge in [0.2, 0.25) is 0 Å². The van der Waals surface area contributed by atoms with Crippen LogP contribution in [0.15, 0.2) is 42.5 Å². The van der Waals surface area contributed by atoms with Crippen LogP contribution in [-0.2, 0) is 9.59 Å². The van der Waals surface area contributed by atoms with E-state index in [0.717, 1.165) is 35.6 Å². The van der Waals surface area contributed by atoms with Crippen LogP contribution < -0.4 is 0 Å². The normalized spacial score (nSPS) is 11.5. The zero-order valence-corrected chi connectivity index (χ0v) is 14.1.